The maximum atomic E-state index is 12.3. The molecule has 124 valence electrons. The van der Waals surface area contributed by atoms with Crippen LogP contribution in [0.3, 0.4) is 0 Å². The maximum absolute atomic E-state index is 12.3. The summed E-state index contributed by atoms with van der Waals surface area (Å²) in [4.78, 5) is 16.5. The molecule has 0 radical (unpaired) electrons. The SMILES string of the molecule is CCc1nc(C)c(C(=O)NCc2nncn2C2CCCCC2)o1. The molecule has 0 bridgehead atoms. The number of amides is 1. The lowest BCUT2D eigenvalue weighted by Crippen LogP contribution is -2.26. The summed E-state index contributed by atoms with van der Waals surface area (Å²) in [5.41, 5.74) is 0.619. The van der Waals surface area contributed by atoms with E-state index in [1.54, 1.807) is 13.3 Å². The molecule has 0 saturated heterocycles. The number of oxazole rings is 1. The van der Waals surface area contributed by atoms with Crippen molar-refractivity contribution in [3.63, 3.8) is 0 Å². The standard InChI is InChI=1S/C16H23N5O2/c1-3-14-19-11(2)15(23-14)16(22)17-9-13-20-18-10-21(13)12-7-5-4-6-8-12/h10,12H,3-9H2,1-2H3,(H,17,22). The van der Waals surface area contributed by atoms with E-state index in [9.17, 15) is 4.79 Å². The Labute approximate surface area is 135 Å². The van der Waals surface area contributed by atoms with E-state index in [1.165, 1.54) is 19.3 Å². The van der Waals surface area contributed by atoms with Crippen molar-refractivity contribution < 1.29 is 9.21 Å². The van der Waals surface area contributed by atoms with Gasteiger partial charge >= 0.3 is 0 Å². The highest BCUT2D eigenvalue weighted by Gasteiger charge is 2.20. The molecule has 1 fully saturated rings. The zero-order valence-corrected chi connectivity index (χ0v) is 13.7. The monoisotopic (exact) mass is 317 g/mol. The normalized spacial score (nSPS) is 15.7. The number of rotatable bonds is 5. The van der Waals surface area contributed by atoms with Crippen LogP contribution in [-0.4, -0.2) is 25.7 Å². The second kappa shape index (κ2) is 6.93. The van der Waals surface area contributed by atoms with Gasteiger partial charge in [-0.3, -0.25) is 4.79 Å². The fraction of sp³-hybridized carbons (Fsp3) is 0.625. The fourth-order valence-corrected chi connectivity index (χ4v) is 3.11. The largest absolute Gasteiger partial charge is 0.435 e. The number of aryl methyl sites for hydroxylation is 2. The highest BCUT2D eigenvalue weighted by molar-refractivity contribution is 5.92. The van der Waals surface area contributed by atoms with Crippen LogP contribution in [0.2, 0.25) is 0 Å². The zero-order valence-electron chi connectivity index (χ0n) is 13.7. The first kappa shape index (κ1) is 15.7. The van der Waals surface area contributed by atoms with Crippen LogP contribution >= 0.6 is 0 Å². The molecule has 0 spiro atoms. The summed E-state index contributed by atoms with van der Waals surface area (Å²) >= 11 is 0. The number of aromatic nitrogens is 4. The number of hydrogen-bond donors (Lipinski definition) is 1. The van der Waals surface area contributed by atoms with Gasteiger partial charge in [0.1, 0.15) is 6.33 Å². The first-order valence-corrected chi connectivity index (χ1v) is 8.32. The van der Waals surface area contributed by atoms with Gasteiger partial charge in [0.15, 0.2) is 11.7 Å². The molecule has 0 aliphatic heterocycles. The Kier molecular flexibility index (Phi) is 4.73. The van der Waals surface area contributed by atoms with E-state index in [4.69, 9.17) is 4.42 Å². The number of carbonyl (C=O) groups excluding carboxylic acids is 1. The molecule has 23 heavy (non-hydrogen) atoms. The molecule has 1 aliphatic carbocycles. The molecule has 2 heterocycles. The minimum Gasteiger partial charge on any atom is -0.435 e. The van der Waals surface area contributed by atoms with Crippen molar-refractivity contribution in [3.8, 4) is 0 Å². The smallest absolute Gasteiger partial charge is 0.289 e. The van der Waals surface area contributed by atoms with Crippen molar-refractivity contribution in [2.75, 3.05) is 0 Å². The molecular formula is C16H23N5O2. The van der Waals surface area contributed by atoms with Crippen molar-refractivity contribution in [2.45, 2.75) is 65.0 Å². The average Bonchev–Trinajstić information content (AvgIpc) is 3.19. The number of hydrogen-bond acceptors (Lipinski definition) is 5. The highest BCUT2D eigenvalue weighted by atomic mass is 16.4. The molecule has 0 atom stereocenters. The van der Waals surface area contributed by atoms with E-state index in [1.807, 2.05) is 6.92 Å². The Morgan fingerprint density at radius 1 is 1.39 bits per heavy atom. The topological polar surface area (TPSA) is 85.8 Å². The van der Waals surface area contributed by atoms with Gasteiger partial charge in [-0.2, -0.15) is 0 Å². The van der Waals surface area contributed by atoms with Crippen LogP contribution in [0.5, 0.6) is 0 Å². The Hall–Kier alpha value is -2.18. The predicted octanol–water partition coefficient (Wildman–Crippen LogP) is 2.57. The van der Waals surface area contributed by atoms with Gasteiger partial charge in [0.25, 0.3) is 5.91 Å². The molecule has 7 nitrogen and oxygen atoms in total. The molecule has 1 aliphatic rings. The molecule has 0 aromatic carbocycles. The second-order valence-electron chi connectivity index (χ2n) is 6.00. The first-order valence-electron chi connectivity index (χ1n) is 8.32. The molecule has 1 N–H and O–H groups in total. The molecule has 0 unspecified atom stereocenters. The molecule has 2 aromatic heterocycles. The van der Waals surface area contributed by atoms with Crippen LogP contribution in [0, 0.1) is 6.92 Å². The minimum absolute atomic E-state index is 0.257. The van der Waals surface area contributed by atoms with E-state index in [0.717, 1.165) is 18.7 Å². The third kappa shape index (κ3) is 3.43. The van der Waals surface area contributed by atoms with E-state index in [0.29, 0.717) is 30.6 Å². The van der Waals surface area contributed by atoms with Gasteiger partial charge in [0.2, 0.25) is 5.76 Å². The summed E-state index contributed by atoms with van der Waals surface area (Å²) in [5.74, 6) is 1.40. The summed E-state index contributed by atoms with van der Waals surface area (Å²) in [7, 11) is 0. The summed E-state index contributed by atoms with van der Waals surface area (Å²) in [5, 5.41) is 11.0. The maximum Gasteiger partial charge on any atom is 0.289 e. The van der Waals surface area contributed by atoms with Crippen molar-refractivity contribution in [2.24, 2.45) is 0 Å². The van der Waals surface area contributed by atoms with Crippen LogP contribution in [0.1, 0.15) is 73.0 Å². The van der Waals surface area contributed by atoms with Gasteiger partial charge < -0.3 is 14.3 Å². The van der Waals surface area contributed by atoms with Crippen LogP contribution in [0.15, 0.2) is 10.7 Å². The molecule has 2 aromatic rings. The minimum atomic E-state index is -0.257. The number of nitrogens with one attached hydrogen (secondary N) is 1. The van der Waals surface area contributed by atoms with Crippen molar-refractivity contribution >= 4 is 5.91 Å². The van der Waals surface area contributed by atoms with Crippen molar-refractivity contribution in [1.29, 1.82) is 0 Å². The van der Waals surface area contributed by atoms with Crippen LogP contribution < -0.4 is 5.32 Å². The quantitative estimate of drug-likeness (QED) is 0.916. The molecule has 3 rings (SSSR count). The van der Waals surface area contributed by atoms with Gasteiger partial charge in [-0.15, -0.1) is 10.2 Å². The third-order valence-corrected chi connectivity index (χ3v) is 4.37. The zero-order chi connectivity index (χ0) is 16.2. The Morgan fingerprint density at radius 3 is 2.87 bits per heavy atom. The molecular weight excluding hydrogens is 294 g/mol. The molecule has 7 heteroatoms. The summed E-state index contributed by atoms with van der Waals surface area (Å²) < 4.78 is 7.58. The van der Waals surface area contributed by atoms with Crippen LogP contribution in [-0.2, 0) is 13.0 Å². The molecule has 1 amide bonds. The van der Waals surface area contributed by atoms with Gasteiger partial charge in [0, 0.05) is 12.5 Å². The van der Waals surface area contributed by atoms with E-state index in [2.05, 4.69) is 25.1 Å². The van der Waals surface area contributed by atoms with Gasteiger partial charge in [-0.25, -0.2) is 4.98 Å². The van der Waals surface area contributed by atoms with Gasteiger partial charge in [0.05, 0.1) is 12.2 Å². The predicted molar refractivity (Wildman–Crippen MR) is 83.9 cm³/mol. The lowest BCUT2D eigenvalue weighted by atomic mass is 9.95. The number of nitrogens with zero attached hydrogens (tertiary/aromatic N) is 4. The van der Waals surface area contributed by atoms with Crippen molar-refractivity contribution in [1.82, 2.24) is 25.1 Å². The highest BCUT2D eigenvalue weighted by Crippen LogP contribution is 2.28. The lowest BCUT2D eigenvalue weighted by Gasteiger charge is -2.23. The van der Waals surface area contributed by atoms with E-state index >= 15 is 0 Å². The van der Waals surface area contributed by atoms with Gasteiger partial charge in [-0.05, 0) is 19.8 Å². The van der Waals surface area contributed by atoms with Crippen LogP contribution in [0.25, 0.3) is 0 Å². The average molecular weight is 317 g/mol. The second-order valence-corrected chi connectivity index (χ2v) is 6.00. The summed E-state index contributed by atoms with van der Waals surface area (Å²) in [6.45, 7) is 4.07. The summed E-state index contributed by atoms with van der Waals surface area (Å²) in [6.07, 6.45) is 8.53. The first-order chi connectivity index (χ1) is 11.2. The van der Waals surface area contributed by atoms with Gasteiger partial charge in [-0.1, -0.05) is 26.2 Å². The Morgan fingerprint density at radius 2 is 2.17 bits per heavy atom. The van der Waals surface area contributed by atoms with E-state index < -0.39 is 0 Å². The third-order valence-electron chi connectivity index (χ3n) is 4.37. The number of carbonyl (C=O) groups is 1. The molecule has 1 saturated carbocycles. The Bertz CT molecular complexity index is 670. The fourth-order valence-electron chi connectivity index (χ4n) is 3.11. The van der Waals surface area contributed by atoms with Crippen molar-refractivity contribution in [3.05, 3.63) is 29.5 Å². The Balaban J connectivity index is 1.65. The summed E-state index contributed by atoms with van der Waals surface area (Å²) in [6, 6.07) is 0.448. The lowest BCUT2D eigenvalue weighted by molar-refractivity contribution is 0.0918. The van der Waals surface area contributed by atoms with Crippen LogP contribution in [0.4, 0.5) is 0 Å². The van der Waals surface area contributed by atoms with E-state index in [-0.39, 0.29) is 11.7 Å².